The molecule has 0 aliphatic rings. The molecular formula is C29H32F3N3O4. The van der Waals surface area contributed by atoms with E-state index in [0.29, 0.717) is 57.6 Å². The van der Waals surface area contributed by atoms with E-state index in [4.69, 9.17) is 23.9 Å². The zero-order valence-electron chi connectivity index (χ0n) is 22.6. The summed E-state index contributed by atoms with van der Waals surface area (Å²) in [4.78, 5) is 10.1. The topological polar surface area (TPSA) is 68.8 Å². The number of H-pyrrole nitrogens is 1. The Bertz CT molecular complexity index is 1410. The molecule has 0 unspecified atom stereocenters. The van der Waals surface area contributed by atoms with Crippen LogP contribution >= 0.6 is 0 Å². The van der Waals surface area contributed by atoms with E-state index in [0.717, 1.165) is 19.0 Å². The van der Waals surface area contributed by atoms with Crippen LogP contribution in [0.5, 0.6) is 23.0 Å². The van der Waals surface area contributed by atoms with Gasteiger partial charge in [0, 0.05) is 24.6 Å². The van der Waals surface area contributed by atoms with Crippen LogP contribution < -0.4 is 18.9 Å². The number of imidazole rings is 1. The molecule has 4 rings (SSSR count). The van der Waals surface area contributed by atoms with Gasteiger partial charge < -0.3 is 28.8 Å². The first-order valence-corrected chi connectivity index (χ1v) is 12.4. The summed E-state index contributed by atoms with van der Waals surface area (Å²) in [5.41, 5.74) is 1.96. The molecule has 3 aromatic carbocycles. The number of aromatic nitrogens is 2. The highest BCUT2D eigenvalue weighted by Crippen LogP contribution is 2.41. The predicted octanol–water partition coefficient (Wildman–Crippen LogP) is 6.20. The smallest absolute Gasteiger partial charge is 0.416 e. The molecule has 0 bridgehead atoms. The first kappa shape index (κ1) is 28.1. The first-order valence-electron chi connectivity index (χ1n) is 12.4. The number of methoxy groups -OCH3 is 3. The highest BCUT2D eigenvalue weighted by Gasteiger charge is 2.33. The maximum atomic E-state index is 13.8. The van der Waals surface area contributed by atoms with Gasteiger partial charge in [0.25, 0.3) is 0 Å². The fourth-order valence-electron chi connectivity index (χ4n) is 4.46. The highest BCUT2D eigenvalue weighted by molar-refractivity contribution is 5.85. The molecule has 7 nitrogen and oxygen atoms in total. The van der Waals surface area contributed by atoms with E-state index in [2.05, 4.69) is 9.88 Å². The van der Waals surface area contributed by atoms with Crippen LogP contribution in [-0.4, -0.2) is 63.4 Å². The summed E-state index contributed by atoms with van der Waals surface area (Å²) in [6.07, 6.45) is -3.64. The van der Waals surface area contributed by atoms with E-state index in [1.54, 1.807) is 24.3 Å². The van der Waals surface area contributed by atoms with Crippen LogP contribution in [-0.2, 0) is 12.6 Å². The van der Waals surface area contributed by atoms with Crippen LogP contribution in [0.25, 0.3) is 22.4 Å². The minimum Gasteiger partial charge on any atom is -0.493 e. The van der Waals surface area contributed by atoms with Crippen molar-refractivity contribution in [1.82, 2.24) is 14.9 Å². The Morgan fingerprint density at radius 3 is 2.21 bits per heavy atom. The van der Waals surface area contributed by atoms with Crippen LogP contribution in [0, 0.1) is 0 Å². The SMILES string of the molecule is COc1cc(-c2nc3c(Cc4ccccc4C(F)(F)F)cc(OCCCN(C)C)cc3[nH]2)cc(OC)c1OC. The third-order valence-electron chi connectivity index (χ3n) is 6.30. The first-order chi connectivity index (χ1) is 18.6. The van der Waals surface area contributed by atoms with Gasteiger partial charge in [-0.05, 0) is 55.9 Å². The van der Waals surface area contributed by atoms with Crippen molar-refractivity contribution < 1.29 is 32.1 Å². The molecule has 1 aromatic heterocycles. The molecule has 0 saturated carbocycles. The van der Waals surface area contributed by atoms with Gasteiger partial charge in [0.15, 0.2) is 11.5 Å². The molecule has 0 atom stereocenters. The molecule has 0 aliphatic carbocycles. The normalized spacial score (nSPS) is 11.7. The summed E-state index contributed by atoms with van der Waals surface area (Å²) >= 11 is 0. The summed E-state index contributed by atoms with van der Waals surface area (Å²) in [5, 5.41) is 0. The lowest BCUT2D eigenvalue weighted by Gasteiger charge is -2.14. The third-order valence-corrected chi connectivity index (χ3v) is 6.30. The number of aromatic amines is 1. The fourth-order valence-corrected chi connectivity index (χ4v) is 4.46. The summed E-state index contributed by atoms with van der Waals surface area (Å²) in [6.45, 7) is 1.32. The van der Waals surface area contributed by atoms with Gasteiger partial charge in [0.05, 0.1) is 44.5 Å². The number of nitrogens with one attached hydrogen (secondary N) is 1. The van der Waals surface area contributed by atoms with Gasteiger partial charge in [-0.3, -0.25) is 0 Å². The molecular weight excluding hydrogens is 511 g/mol. The van der Waals surface area contributed by atoms with E-state index >= 15 is 0 Å². The molecule has 10 heteroatoms. The Labute approximate surface area is 225 Å². The van der Waals surface area contributed by atoms with E-state index in [-0.39, 0.29) is 12.0 Å². The molecule has 0 aliphatic heterocycles. The standard InChI is InChI=1S/C29H32F3N3O4/c1-35(2)11-8-12-39-21-14-19(13-18-9-6-7-10-22(18)29(30,31)32)26-23(17-21)33-28(34-26)20-15-24(36-3)27(38-5)25(16-20)37-4/h6-7,9-10,14-17H,8,11-13H2,1-5H3,(H,33,34). The van der Waals surface area contributed by atoms with Gasteiger partial charge in [-0.15, -0.1) is 0 Å². The van der Waals surface area contributed by atoms with Gasteiger partial charge >= 0.3 is 6.18 Å². The number of benzene rings is 3. The lowest BCUT2D eigenvalue weighted by molar-refractivity contribution is -0.138. The van der Waals surface area contributed by atoms with Crippen molar-refractivity contribution in [3.8, 4) is 34.4 Å². The van der Waals surface area contributed by atoms with Crippen molar-refractivity contribution >= 4 is 11.0 Å². The van der Waals surface area contributed by atoms with Gasteiger partial charge in [-0.1, -0.05) is 18.2 Å². The number of ether oxygens (including phenoxy) is 4. The van der Waals surface area contributed by atoms with E-state index in [1.807, 2.05) is 20.2 Å². The lowest BCUT2D eigenvalue weighted by atomic mass is 9.98. The van der Waals surface area contributed by atoms with Crippen molar-refractivity contribution in [2.24, 2.45) is 0 Å². The molecule has 1 heterocycles. The maximum Gasteiger partial charge on any atom is 0.416 e. The Balaban J connectivity index is 1.80. The van der Waals surface area contributed by atoms with Crippen LogP contribution in [0.2, 0.25) is 0 Å². The minimum absolute atomic E-state index is 0.0284. The highest BCUT2D eigenvalue weighted by atomic mass is 19.4. The van der Waals surface area contributed by atoms with Gasteiger partial charge in [0.1, 0.15) is 11.6 Å². The average Bonchev–Trinajstić information content (AvgIpc) is 3.34. The number of alkyl halides is 3. The Kier molecular flexibility index (Phi) is 8.54. The number of fused-ring (bicyclic) bond motifs is 1. The van der Waals surface area contributed by atoms with Crippen LogP contribution in [0.15, 0.2) is 48.5 Å². The van der Waals surface area contributed by atoms with Crippen molar-refractivity contribution in [1.29, 1.82) is 0 Å². The zero-order valence-corrected chi connectivity index (χ0v) is 22.6. The van der Waals surface area contributed by atoms with Gasteiger partial charge in [-0.25, -0.2) is 4.98 Å². The Hall–Kier alpha value is -3.92. The Morgan fingerprint density at radius 2 is 1.59 bits per heavy atom. The van der Waals surface area contributed by atoms with E-state index < -0.39 is 11.7 Å². The maximum absolute atomic E-state index is 13.8. The summed E-state index contributed by atoms with van der Waals surface area (Å²) in [6, 6.07) is 12.7. The monoisotopic (exact) mass is 543 g/mol. The molecule has 0 saturated heterocycles. The second kappa shape index (κ2) is 11.9. The minimum atomic E-state index is -4.47. The summed E-state index contributed by atoms with van der Waals surface area (Å²) in [7, 11) is 8.53. The number of rotatable bonds is 11. The number of hydrogen-bond donors (Lipinski definition) is 1. The third kappa shape index (κ3) is 6.39. The molecule has 0 radical (unpaired) electrons. The van der Waals surface area contributed by atoms with E-state index in [9.17, 15) is 13.2 Å². The second-order valence-corrected chi connectivity index (χ2v) is 9.31. The molecule has 0 amide bonds. The average molecular weight is 544 g/mol. The molecule has 208 valence electrons. The number of hydrogen-bond acceptors (Lipinski definition) is 6. The van der Waals surface area contributed by atoms with Crippen molar-refractivity contribution in [2.75, 3.05) is 48.6 Å². The van der Waals surface area contributed by atoms with Gasteiger partial charge in [-0.2, -0.15) is 13.2 Å². The van der Waals surface area contributed by atoms with Gasteiger partial charge in [0.2, 0.25) is 5.75 Å². The molecule has 4 aromatic rings. The summed E-state index contributed by atoms with van der Waals surface area (Å²) < 4.78 is 63.7. The van der Waals surface area contributed by atoms with Crippen molar-refractivity contribution in [3.05, 3.63) is 65.2 Å². The van der Waals surface area contributed by atoms with E-state index in [1.165, 1.54) is 33.5 Å². The fraction of sp³-hybridized carbons (Fsp3) is 0.345. The number of nitrogens with zero attached hydrogens (tertiary/aromatic N) is 2. The second-order valence-electron chi connectivity index (χ2n) is 9.31. The van der Waals surface area contributed by atoms with Crippen LogP contribution in [0.3, 0.4) is 0 Å². The lowest BCUT2D eigenvalue weighted by Crippen LogP contribution is -2.15. The van der Waals surface area contributed by atoms with Crippen LogP contribution in [0.4, 0.5) is 13.2 Å². The predicted molar refractivity (Wildman–Crippen MR) is 144 cm³/mol. The zero-order chi connectivity index (χ0) is 28.2. The largest absolute Gasteiger partial charge is 0.493 e. The molecule has 39 heavy (non-hydrogen) atoms. The summed E-state index contributed by atoms with van der Waals surface area (Å²) in [5.74, 6) is 2.41. The Morgan fingerprint density at radius 1 is 0.897 bits per heavy atom. The number of halogens is 3. The van der Waals surface area contributed by atoms with Crippen molar-refractivity contribution in [2.45, 2.75) is 19.0 Å². The molecule has 0 fully saturated rings. The van der Waals surface area contributed by atoms with Crippen LogP contribution in [0.1, 0.15) is 23.1 Å². The molecule has 0 spiro atoms. The molecule has 1 N–H and O–H groups in total. The quantitative estimate of drug-likeness (QED) is 0.227. The van der Waals surface area contributed by atoms with Crippen molar-refractivity contribution in [3.63, 3.8) is 0 Å².